The van der Waals surface area contributed by atoms with E-state index in [0.717, 1.165) is 11.4 Å². The molecule has 106 valence electrons. The molecule has 0 saturated carbocycles. The molecule has 0 bridgehead atoms. The summed E-state index contributed by atoms with van der Waals surface area (Å²) in [6.45, 7) is 0. The second-order valence-electron chi connectivity index (χ2n) is 4.35. The van der Waals surface area contributed by atoms with E-state index in [2.05, 4.69) is 5.10 Å². The molecule has 0 spiro atoms. The van der Waals surface area contributed by atoms with E-state index >= 15 is 0 Å². The number of hydrogen-bond donors (Lipinski definition) is 0. The highest BCUT2D eigenvalue weighted by atomic mass is 35.5. The highest BCUT2D eigenvalue weighted by Crippen LogP contribution is 2.26. The zero-order valence-electron chi connectivity index (χ0n) is 11.4. The number of ether oxygens (including phenoxy) is 2. The monoisotopic (exact) mass is 300 g/mol. The fourth-order valence-electron chi connectivity index (χ4n) is 1.98. The van der Waals surface area contributed by atoms with Gasteiger partial charge in [0.2, 0.25) is 0 Å². The summed E-state index contributed by atoms with van der Waals surface area (Å²) < 4.78 is 12.8. The van der Waals surface area contributed by atoms with Crippen molar-refractivity contribution in [1.82, 2.24) is 9.78 Å². The Morgan fingerprint density at radius 3 is 2.71 bits per heavy atom. The van der Waals surface area contributed by atoms with E-state index in [1.54, 1.807) is 36.3 Å². The Hall–Kier alpha value is -2.46. The predicted molar refractivity (Wildman–Crippen MR) is 81.6 cm³/mol. The average molecular weight is 301 g/mol. The Labute approximate surface area is 127 Å². The van der Waals surface area contributed by atoms with E-state index in [1.807, 2.05) is 36.4 Å². The standard InChI is InChI=1S/C16H13ClN2O2/c1-20-16-8-3-2-7-15(16)19-11-14(10-18-19)21-13-6-4-5-12(17)9-13/h2-11H,1H3. The summed E-state index contributed by atoms with van der Waals surface area (Å²) in [4.78, 5) is 0. The van der Waals surface area contributed by atoms with Crippen LogP contribution in [-0.4, -0.2) is 16.9 Å². The molecule has 0 atom stereocenters. The third kappa shape index (κ3) is 3.01. The van der Waals surface area contributed by atoms with Gasteiger partial charge in [-0.3, -0.25) is 0 Å². The molecule has 0 radical (unpaired) electrons. The molecule has 0 fully saturated rings. The van der Waals surface area contributed by atoms with Crippen molar-refractivity contribution in [3.05, 3.63) is 65.9 Å². The number of aromatic nitrogens is 2. The quantitative estimate of drug-likeness (QED) is 0.719. The third-order valence-electron chi connectivity index (χ3n) is 2.92. The maximum Gasteiger partial charge on any atom is 0.165 e. The highest BCUT2D eigenvalue weighted by molar-refractivity contribution is 6.30. The van der Waals surface area contributed by atoms with Gasteiger partial charge in [-0.05, 0) is 30.3 Å². The van der Waals surface area contributed by atoms with Gasteiger partial charge in [0.15, 0.2) is 5.75 Å². The van der Waals surface area contributed by atoms with Crippen LogP contribution in [-0.2, 0) is 0 Å². The van der Waals surface area contributed by atoms with Gasteiger partial charge in [0, 0.05) is 5.02 Å². The van der Waals surface area contributed by atoms with Gasteiger partial charge < -0.3 is 9.47 Å². The molecule has 0 aliphatic carbocycles. The van der Waals surface area contributed by atoms with Gasteiger partial charge in [-0.1, -0.05) is 29.8 Å². The first-order valence-electron chi connectivity index (χ1n) is 6.38. The molecule has 0 aliphatic rings. The van der Waals surface area contributed by atoms with Gasteiger partial charge in [0.1, 0.15) is 17.2 Å². The van der Waals surface area contributed by atoms with Crippen molar-refractivity contribution in [2.45, 2.75) is 0 Å². The molecule has 0 aliphatic heterocycles. The van der Waals surface area contributed by atoms with Crippen LogP contribution in [0, 0.1) is 0 Å². The molecule has 2 aromatic carbocycles. The van der Waals surface area contributed by atoms with Gasteiger partial charge in [0.25, 0.3) is 0 Å². The summed E-state index contributed by atoms with van der Waals surface area (Å²) in [5, 5.41) is 4.92. The van der Waals surface area contributed by atoms with E-state index < -0.39 is 0 Å². The van der Waals surface area contributed by atoms with Crippen molar-refractivity contribution in [3.63, 3.8) is 0 Å². The van der Waals surface area contributed by atoms with Gasteiger partial charge in [-0.15, -0.1) is 0 Å². The second-order valence-corrected chi connectivity index (χ2v) is 4.79. The fourth-order valence-corrected chi connectivity index (χ4v) is 2.16. The van der Waals surface area contributed by atoms with Crippen molar-refractivity contribution >= 4 is 11.6 Å². The Kier molecular flexibility index (Phi) is 3.79. The minimum absolute atomic E-state index is 0.628. The van der Waals surface area contributed by atoms with Crippen LogP contribution in [0.2, 0.25) is 5.02 Å². The van der Waals surface area contributed by atoms with Gasteiger partial charge >= 0.3 is 0 Å². The van der Waals surface area contributed by atoms with Crippen LogP contribution in [0.15, 0.2) is 60.9 Å². The number of methoxy groups -OCH3 is 1. The lowest BCUT2D eigenvalue weighted by molar-refractivity contribution is 0.411. The second kappa shape index (κ2) is 5.89. The van der Waals surface area contributed by atoms with Crippen LogP contribution in [0.25, 0.3) is 5.69 Å². The molecule has 0 saturated heterocycles. The topological polar surface area (TPSA) is 36.3 Å². The van der Waals surface area contributed by atoms with Gasteiger partial charge in [-0.2, -0.15) is 5.10 Å². The largest absolute Gasteiger partial charge is 0.494 e. The smallest absolute Gasteiger partial charge is 0.165 e. The average Bonchev–Trinajstić information content (AvgIpc) is 2.95. The lowest BCUT2D eigenvalue weighted by Crippen LogP contribution is -1.97. The van der Waals surface area contributed by atoms with Gasteiger partial charge in [0.05, 0.1) is 19.5 Å². The zero-order valence-corrected chi connectivity index (χ0v) is 12.1. The van der Waals surface area contributed by atoms with Crippen LogP contribution in [0.1, 0.15) is 0 Å². The lowest BCUT2D eigenvalue weighted by atomic mass is 10.3. The molecule has 1 heterocycles. The zero-order chi connectivity index (χ0) is 14.7. The summed E-state index contributed by atoms with van der Waals surface area (Å²) in [6, 6.07) is 14.9. The van der Waals surface area contributed by atoms with Crippen molar-refractivity contribution in [1.29, 1.82) is 0 Å². The molecule has 3 rings (SSSR count). The number of hydrogen-bond acceptors (Lipinski definition) is 3. The molecule has 0 N–H and O–H groups in total. The Balaban J connectivity index is 1.86. The molecule has 0 unspecified atom stereocenters. The number of para-hydroxylation sites is 2. The minimum Gasteiger partial charge on any atom is -0.494 e. The van der Waals surface area contributed by atoms with Crippen molar-refractivity contribution in [2.24, 2.45) is 0 Å². The molecular formula is C16H13ClN2O2. The summed E-state index contributed by atoms with van der Waals surface area (Å²) >= 11 is 5.93. The number of halogens is 1. The van der Waals surface area contributed by atoms with Crippen molar-refractivity contribution in [2.75, 3.05) is 7.11 Å². The van der Waals surface area contributed by atoms with Crippen molar-refractivity contribution < 1.29 is 9.47 Å². The summed E-state index contributed by atoms with van der Waals surface area (Å²) in [6.07, 6.45) is 3.44. The first-order chi connectivity index (χ1) is 10.3. The van der Waals surface area contributed by atoms with Crippen LogP contribution < -0.4 is 9.47 Å². The predicted octanol–water partition coefficient (Wildman–Crippen LogP) is 4.33. The van der Waals surface area contributed by atoms with E-state index in [9.17, 15) is 0 Å². The molecule has 4 nitrogen and oxygen atoms in total. The molecule has 0 amide bonds. The summed E-state index contributed by atoms with van der Waals surface area (Å²) in [5.41, 5.74) is 0.848. The molecule has 5 heteroatoms. The number of nitrogens with zero attached hydrogens (tertiary/aromatic N) is 2. The molecule has 1 aromatic heterocycles. The Morgan fingerprint density at radius 1 is 1.05 bits per heavy atom. The maximum absolute atomic E-state index is 5.93. The number of benzene rings is 2. The maximum atomic E-state index is 5.93. The molecule has 21 heavy (non-hydrogen) atoms. The first kappa shape index (κ1) is 13.5. The van der Waals surface area contributed by atoms with Crippen LogP contribution in [0.5, 0.6) is 17.2 Å². The van der Waals surface area contributed by atoms with Crippen LogP contribution >= 0.6 is 11.6 Å². The summed E-state index contributed by atoms with van der Waals surface area (Å²) in [7, 11) is 1.63. The molecular weight excluding hydrogens is 288 g/mol. The van der Waals surface area contributed by atoms with Crippen LogP contribution in [0.4, 0.5) is 0 Å². The SMILES string of the molecule is COc1ccccc1-n1cc(Oc2cccc(Cl)c2)cn1. The fraction of sp³-hybridized carbons (Fsp3) is 0.0625. The summed E-state index contributed by atoms with van der Waals surface area (Å²) in [5.74, 6) is 2.04. The third-order valence-corrected chi connectivity index (χ3v) is 3.16. The minimum atomic E-state index is 0.628. The Morgan fingerprint density at radius 2 is 1.90 bits per heavy atom. The van der Waals surface area contributed by atoms with E-state index in [-0.39, 0.29) is 0 Å². The number of rotatable bonds is 4. The highest BCUT2D eigenvalue weighted by Gasteiger charge is 2.07. The normalized spacial score (nSPS) is 10.4. The van der Waals surface area contributed by atoms with Crippen molar-refractivity contribution in [3.8, 4) is 22.9 Å². The van der Waals surface area contributed by atoms with E-state index in [4.69, 9.17) is 21.1 Å². The Bertz CT molecular complexity index is 755. The lowest BCUT2D eigenvalue weighted by Gasteiger charge is -2.07. The van der Waals surface area contributed by atoms with Gasteiger partial charge in [-0.25, -0.2) is 4.68 Å². The van der Waals surface area contributed by atoms with E-state index in [0.29, 0.717) is 16.5 Å². The first-order valence-corrected chi connectivity index (χ1v) is 6.75. The van der Waals surface area contributed by atoms with E-state index in [1.165, 1.54) is 0 Å². The molecule has 3 aromatic rings. The van der Waals surface area contributed by atoms with Crippen LogP contribution in [0.3, 0.4) is 0 Å².